The van der Waals surface area contributed by atoms with Crippen molar-refractivity contribution in [3.63, 3.8) is 0 Å². The zero-order valence-corrected chi connectivity index (χ0v) is 17.8. The molecule has 29 heavy (non-hydrogen) atoms. The van der Waals surface area contributed by atoms with Crippen LogP contribution < -0.4 is 10.6 Å². The van der Waals surface area contributed by atoms with Crippen molar-refractivity contribution in [2.45, 2.75) is 62.8 Å². The van der Waals surface area contributed by atoms with Crippen molar-refractivity contribution in [2.75, 3.05) is 11.1 Å². The Labute approximate surface area is 177 Å². The van der Waals surface area contributed by atoms with E-state index < -0.39 is 0 Å². The molecule has 1 aromatic heterocycles. The lowest BCUT2D eigenvalue weighted by Gasteiger charge is -2.21. The Bertz CT molecular complexity index is 832. The predicted molar refractivity (Wildman–Crippen MR) is 118 cm³/mol. The van der Waals surface area contributed by atoms with Crippen LogP contribution in [0.4, 0.5) is 5.82 Å². The van der Waals surface area contributed by atoms with E-state index in [4.69, 9.17) is 0 Å². The number of pyridine rings is 1. The molecule has 0 unspecified atom stereocenters. The Balaban J connectivity index is 1.57. The van der Waals surface area contributed by atoms with E-state index in [9.17, 15) is 9.59 Å². The maximum absolute atomic E-state index is 12.7. The smallest absolute Gasteiger partial charge is 0.257 e. The highest BCUT2D eigenvalue weighted by Crippen LogP contribution is 2.24. The molecular formula is C23H29N3O2S. The van der Waals surface area contributed by atoms with Gasteiger partial charge in [-0.25, -0.2) is 4.98 Å². The number of anilines is 1. The Morgan fingerprint density at radius 1 is 1.00 bits per heavy atom. The van der Waals surface area contributed by atoms with E-state index in [1.54, 1.807) is 12.1 Å². The number of benzene rings is 1. The molecular weight excluding hydrogens is 382 g/mol. The van der Waals surface area contributed by atoms with Gasteiger partial charge in [0.2, 0.25) is 5.91 Å². The van der Waals surface area contributed by atoms with E-state index in [0.29, 0.717) is 17.1 Å². The van der Waals surface area contributed by atoms with Gasteiger partial charge in [0.15, 0.2) is 0 Å². The summed E-state index contributed by atoms with van der Waals surface area (Å²) in [5.41, 5.74) is 1.40. The van der Waals surface area contributed by atoms with Crippen LogP contribution in [0.5, 0.6) is 0 Å². The van der Waals surface area contributed by atoms with Crippen LogP contribution in [-0.4, -0.2) is 28.6 Å². The number of hydrogen-bond donors (Lipinski definition) is 2. The third-order valence-corrected chi connectivity index (χ3v) is 6.16. The van der Waals surface area contributed by atoms with Crippen molar-refractivity contribution in [1.82, 2.24) is 10.3 Å². The average Bonchev–Trinajstić information content (AvgIpc) is 2.68. The molecule has 2 amide bonds. The van der Waals surface area contributed by atoms with Gasteiger partial charge in [0.25, 0.3) is 5.91 Å². The summed E-state index contributed by atoms with van der Waals surface area (Å²) in [6, 6.07) is 13.2. The number of carbonyl (C=O) groups is 2. The largest absolute Gasteiger partial charge is 0.353 e. The minimum Gasteiger partial charge on any atom is -0.353 e. The molecule has 154 valence electrons. The first kappa shape index (κ1) is 21.4. The van der Waals surface area contributed by atoms with Crippen LogP contribution in [0.1, 0.15) is 61.0 Å². The average molecular weight is 412 g/mol. The van der Waals surface area contributed by atoms with Gasteiger partial charge in [-0.3, -0.25) is 9.59 Å². The Hall–Kier alpha value is -2.34. The lowest BCUT2D eigenvalue weighted by atomic mass is 9.97. The summed E-state index contributed by atoms with van der Waals surface area (Å²) in [5, 5.41) is 6.02. The van der Waals surface area contributed by atoms with Crippen molar-refractivity contribution >= 4 is 29.4 Å². The van der Waals surface area contributed by atoms with Crippen molar-refractivity contribution in [2.24, 2.45) is 0 Å². The number of thioether (sulfide) groups is 1. The third-order valence-electron chi connectivity index (χ3n) is 5.09. The SMILES string of the molecule is Cc1cccc(NC(=O)c2ccccc2SCC(=O)NC2CCCCCCC2)n1. The first-order valence-corrected chi connectivity index (χ1v) is 11.4. The van der Waals surface area contributed by atoms with Crippen LogP contribution in [0.15, 0.2) is 47.4 Å². The molecule has 0 bridgehead atoms. The molecule has 1 heterocycles. The molecule has 1 fully saturated rings. The normalized spacial score (nSPS) is 15.2. The second-order valence-corrected chi connectivity index (χ2v) is 8.53. The predicted octanol–water partition coefficient (Wildman–Crippen LogP) is 4.96. The number of nitrogens with one attached hydrogen (secondary N) is 2. The molecule has 0 atom stereocenters. The molecule has 0 radical (unpaired) electrons. The zero-order chi connectivity index (χ0) is 20.5. The fourth-order valence-electron chi connectivity index (χ4n) is 3.59. The van der Waals surface area contributed by atoms with Crippen LogP contribution in [0.25, 0.3) is 0 Å². The minimum atomic E-state index is -0.216. The van der Waals surface area contributed by atoms with E-state index in [2.05, 4.69) is 15.6 Å². The summed E-state index contributed by atoms with van der Waals surface area (Å²) in [6.45, 7) is 1.88. The first-order chi connectivity index (χ1) is 14.1. The summed E-state index contributed by atoms with van der Waals surface area (Å²) < 4.78 is 0. The maximum atomic E-state index is 12.7. The molecule has 6 heteroatoms. The summed E-state index contributed by atoms with van der Waals surface area (Å²) in [4.78, 5) is 30.3. The first-order valence-electron chi connectivity index (χ1n) is 10.4. The number of aromatic nitrogens is 1. The van der Waals surface area contributed by atoms with Crippen LogP contribution in [0, 0.1) is 6.92 Å². The van der Waals surface area contributed by atoms with Gasteiger partial charge >= 0.3 is 0 Å². The number of carbonyl (C=O) groups excluding carboxylic acids is 2. The monoisotopic (exact) mass is 411 g/mol. The van der Waals surface area contributed by atoms with E-state index in [1.165, 1.54) is 43.9 Å². The summed E-state index contributed by atoms with van der Waals surface area (Å²) in [5.74, 6) is 0.656. The lowest BCUT2D eigenvalue weighted by molar-refractivity contribution is -0.119. The number of hydrogen-bond acceptors (Lipinski definition) is 4. The molecule has 0 spiro atoms. The highest BCUT2D eigenvalue weighted by Gasteiger charge is 2.16. The quantitative estimate of drug-likeness (QED) is 0.659. The number of nitrogens with zero attached hydrogens (tertiary/aromatic N) is 1. The van der Waals surface area contributed by atoms with Gasteiger partial charge in [-0.1, -0.05) is 50.3 Å². The Kier molecular flexibility index (Phi) is 8.11. The third kappa shape index (κ3) is 6.89. The van der Waals surface area contributed by atoms with Crippen LogP contribution in [0.2, 0.25) is 0 Å². The maximum Gasteiger partial charge on any atom is 0.257 e. The standard InChI is InChI=1S/C23H29N3O2S/c1-17-10-9-15-21(24-17)26-23(28)19-13-7-8-14-20(19)29-16-22(27)25-18-11-5-3-2-4-6-12-18/h7-10,13-15,18H,2-6,11-12,16H2,1H3,(H,25,27)(H,24,26,28). The van der Waals surface area contributed by atoms with Gasteiger partial charge in [0, 0.05) is 16.6 Å². The molecule has 1 aliphatic rings. The van der Waals surface area contributed by atoms with Gasteiger partial charge in [-0.05, 0) is 44.0 Å². The highest BCUT2D eigenvalue weighted by molar-refractivity contribution is 8.00. The van der Waals surface area contributed by atoms with E-state index in [0.717, 1.165) is 23.4 Å². The van der Waals surface area contributed by atoms with Crippen LogP contribution in [-0.2, 0) is 4.79 Å². The van der Waals surface area contributed by atoms with Crippen molar-refractivity contribution < 1.29 is 9.59 Å². The second kappa shape index (κ2) is 11.0. The number of rotatable bonds is 6. The summed E-state index contributed by atoms with van der Waals surface area (Å²) >= 11 is 1.40. The zero-order valence-electron chi connectivity index (χ0n) is 16.9. The molecule has 0 saturated heterocycles. The van der Waals surface area contributed by atoms with E-state index >= 15 is 0 Å². The van der Waals surface area contributed by atoms with E-state index in [1.807, 2.05) is 37.3 Å². The van der Waals surface area contributed by atoms with Crippen LogP contribution in [0.3, 0.4) is 0 Å². The fourth-order valence-corrected chi connectivity index (χ4v) is 4.45. The lowest BCUT2D eigenvalue weighted by Crippen LogP contribution is -2.36. The number of amides is 2. The molecule has 1 aliphatic carbocycles. The molecule has 1 saturated carbocycles. The fraction of sp³-hybridized carbons (Fsp3) is 0.435. The van der Waals surface area contributed by atoms with Crippen molar-refractivity contribution in [3.8, 4) is 0 Å². The van der Waals surface area contributed by atoms with Crippen molar-refractivity contribution in [3.05, 3.63) is 53.7 Å². The van der Waals surface area contributed by atoms with Gasteiger partial charge in [-0.2, -0.15) is 0 Å². The topological polar surface area (TPSA) is 71.1 Å². The van der Waals surface area contributed by atoms with Gasteiger partial charge in [0.05, 0.1) is 11.3 Å². The summed E-state index contributed by atoms with van der Waals surface area (Å²) in [7, 11) is 0. The van der Waals surface area contributed by atoms with Gasteiger partial charge < -0.3 is 10.6 Å². The molecule has 0 aliphatic heterocycles. The molecule has 3 rings (SSSR count). The van der Waals surface area contributed by atoms with Crippen molar-refractivity contribution in [1.29, 1.82) is 0 Å². The van der Waals surface area contributed by atoms with Gasteiger partial charge in [-0.15, -0.1) is 11.8 Å². The Morgan fingerprint density at radius 3 is 2.48 bits per heavy atom. The molecule has 2 N–H and O–H groups in total. The molecule has 2 aromatic rings. The number of aryl methyl sites for hydroxylation is 1. The summed E-state index contributed by atoms with van der Waals surface area (Å²) in [6.07, 6.45) is 8.35. The molecule has 1 aromatic carbocycles. The van der Waals surface area contributed by atoms with Crippen LogP contribution >= 0.6 is 11.8 Å². The second-order valence-electron chi connectivity index (χ2n) is 7.51. The Morgan fingerprint density at radius 2 is 1.72 bits per heavy atom. The highest BCUT2D eigenvalue weighted by atomic mass is 32.2. The van der Waals surface area contributed by atoms with Gasteiger partial charge in [0.1, 0.15) is 5.82 Å². The van der Waals surface area contributed by atoms with E-state index in [-0.39, 0.29) is 17.9 Å². The molecule has 5 nitrogen and oxygen atoms in total. The minimum absolute atomic E-state index is 0.0381.